The lowest BCUT2D eigenvalue weighted by atomic mass is 9.86. The minimum Gasteiger partial charge on any atom is -0.388 e. The number of aliphatic hydroxyl groups is 1. The molecule has 1 aliphatic rings. The van der Waals surface area contributed by atoms with Crippen LogP contribution in [0.1, 0.15) is 36.8 Å². The van der Waals surface area contributed by atoms with E-state index < -0.39 is 5.60 Å². The first-order valence-electron chi connectivity index (χ1n) is 11.0. The summed E-state index contributed by atoms with van der Waals surface area (Å²) in [6.45, 7) is 2.07. The van der Waals surface area contributed by atoms with Crippen molar-refractivity contribution in [1.29, 1.82) is 5.26 Å². The lowest BCUT2D eigenvalue weighted by Crippen LogP contribution is -2.45. The average molecular weight is 461 g/mol. The van der Waals surface area contributed by atoms with Gasteiger partial charge in [0.25, 0.3) is 0 Å². The second-order valence-corrected chi connectivity index (χ2v) is 10.4. The topological polar surface area (TPSA) is 56.9 Å². The van der Waals surface area contributed by atoms with Crippen molar-refractivity contribution in [2.24, 2.45) is 0 Å². The van der Waals surface area contributed by atoms with Gasteiger partial charge in [-0.2, -0.15) is 17.0 Å². The van der Waals surface area contributed by atoms with Gasteiger partial charge in [-0.05, 0) is 37.7 Å². The molecule has 0 spiro atoms. The van der Waals surface area contributed by atoms with E-state index in [0.717, 1.165) is 41.6 Å². The Morgan fingerprint density at radius 3 is 2.53 bits per heavy atom. The van der Waals surface area contributed by atoms with Crippen molar-refractivity contribution in [3.63, 3.8) is 0 Å². The van der Waals surface area contributed by atoms with Crippen LogP contribution >= 0.6 is 23.5 Å². The highest BCUT2D eigenvalue weighted by Gasteiger charge is 2.38. The van der Waals surface area contributed by atoms with Crippen molar-refractivity contribution < 1.29 is 5.11 Å². The van der Waals surface area contributed by atoms with Crippen LogP contribution in [-0.4, -0.2) is 33.0 Å². The summed E-state index contributed by atoms with van der Waals surface area (Å²) >= 11 is 3.27. The van der Waals surface area contributed by atoms with Crippen LogP contribution in [-0.2, 0) is 0 Å². The van der Waals surface area contributed by atoms with Gasteiger partial charge >= 0.3 is 0 Å². The van der Waals surface area contributed by atoms with Gasteiger partial charge < -0.3 is 5.11 Å². The largest absolute Gasteiger partial charge is 0.388 e. The van der Waals surface area contributed by atoms with Crippen LogP contribution in [0.3, 0.4) is 0 Å². The minimum atomic E-state index is -0.733. The molecule has 1 aliphatic carbocycles. The number of nitriles is 1. The predicted octanol–water partition coefficient (Wildman–Crippen LogP) is 6.72. The zero-order valence-electron chi connectivity index (χ0n) is 18.5. The molecule has 0 amide bonds. The Morgan fingerprint density at radius 2 is 1.84 bits per heavy atom. The van der Waals surface area contributed by atoms with E-state index in [4.69, 9.17) is 4.98 Å². The maximum absolute atomic E-state index is 11.4. The van der Waals surface area contributed by atoms with Gasteiger partial charge in [0.15, 0.2) is 0 Å². The van der Waals surface area contributed by atoms with Crippen LogP contribution < -0.4 is 0 Å². The van der Waals surface area contributed by atoms with Crippen LogP contribution in [0.15, 0.2) is 65.7 Å². The molecule has 1 N–H and O–H groups in total. The molecule has 0 unspecified atom stereocenters. The molecule has 4 rings (SSSR count). The monoisotopic (exact) mass is 460 g/mol. The molecule has 1 aromatic heterocycles. The zero-order chi connectivity index (χ0) is 22.6. The fraction of sp³-hybridized carbons (Fsp3) is 0.333. The van der Waals surface area contributed by atoms with Crippen LogP contribution in [0.25, 0.3) is 22.4 Å². The third kappa shape index (κ3) is 4.88. The number of nitrogens with zero attached hydrogens (tertiary/aromatic N) is 2. The molecular formula is C27H28N2OS2. The standard InChI is InChI=1S/C27H28N2OS2/c1-19-11-13-21(14-12-19)24-16-22(20-8-4-3-5-9-20)23(17-28)26(29-24)32-18-27(30)15-7-6-10-25(27)31-2/h3-5,8-9,11-14,16,25,30H,6-7,10,15,18H2,1-2H3/t25-,27+/m1/s1. The van der Waals surface area contributed by atoms with E-state index in [9.17, 15) is 10.4 Å². The van der Waals surface area contributed by atoms with Gasteiger partial charge in [-0.25, -0.2) is 4.98 Å². The molecule has 0 aliphatic heterocycles. The number of hydrogen-bond donors (Lipinski definition) is 1. The third-order valence-corrected chi connectivity index (χ3v) is 8.66. The molecule has 32 heavy (non-hydrogen) atoms. The molecule has 2 atom stereocenters. The first-order valence-corrected chi connectivity index (χ1v) is 13.3. The van der Waals surface area contributed by atoms with Crippen LogP contribution in [0.5, 0.6) is 0 Å². The Balaban J connectivity index is 1.77. The van der Waals surface area contributed by atoms with Gasteiger partial charge in [0, 0.05) is 22.1 Å². The highest BCUT2D eigenvalue weighted by molar-refractivity contribution is 8.00. The number of aromatic nitrogens is 1. The highest BCUT2D eigenvalue weighted by Crippen LogP contribution is 2.41. The number of rotatable bonds is 6. The predicted molar refractivity (Wildman–Crippen MR) is 136 cm³/mol. The summed E-state index contributed by atoms with van der Waals surface area (Å²) in [7, 11) is 0. The van der Waals surface area contributed by atoms with Crippen molar-refractivity contribution >= 4 is 23.5 Å². The molecular weight excluding hydrogens is 432 g/mol. The van der Waals surface area contributed by atoms with E-state index in [-0.39, 0.29) is 5.25 Å². The minimum absolute atomic E-state index is 0.225. The first-order chi connectivity index (χ1) is 15.5. The molecule has 2 aromatic carbocycles. The molecule has 1 saturated carbocycles. The van der Waals surface area contributed by atoms with E-state index in [1.165, 1.54) is 23.7 Å². The maximum atomic E-state index is 11.4. The second kappa shape index (κ2) is 10.1. The summed E-state index contributed by atoms with van der Waals surface area (Å²) in [5.74, 6) is 0.547. The molecule has 0 saturated heterocycles. The van der Waals surface area contributed by atoms with Crippen LogP contribution in [0.2, 0.25) is 0 Å². The lowest BCUT2D eigenvalue weighted by molar-refractivity contribution is 0.0340. The van der Waals surface area contributed by atoms with E-state index in [1.54, 1.807) is 11.8 Å². The summed E-state index contributed by atoms with van der Waals surface area (Å²) in [5, 5.41) is 22.4. The van der Waals surface area contributed by atoms with Crippen molar-refractivity contribution in [3.05, 3.63) is 71.8 Å². The molecule has 164 valence electrons. The van der Waals surface area contributed by atoms with Crippen molar-refractivity contribution in [3.8, 4) is 28.5 Å². The Labute approximate surface area is 199 Å². The van der Waals surface area contributed by atoms with Crippen molar-refractivity contribution in [2.45, 2.75) is 48.5 Å². The van der Waals surface area contributed by atoms with Crippen LogP contribution in [0.4, 0.5) is 0 Å². The smallest absolute Gasteiger partial charge is 0.115 e. The lowest BCUT2D eigenvalue weighted by Gasteiger charge is -2.38. The zero-order valence-corrected chi connectivity index (χ0v) is 20.2. The molecule has 3 aromatic rings. The quantitative estimate of drug-likeness (QED) is 0.414. The van der Waals surface area contributed by atoms with Crippen molar-refractivity contribution in [2.75, 3.05) is 12.0 Å². The fourth-order valence-electron chi connectivity index (χ4n) is 4.34. The SMILES string of the molecule is CS[C@@H]1CCCC[C@]1(O)CSc1nc(-c2ccc(C)cc2)cc(-c2ccccc2)c1C#N. The molecule has 3 nitrogen and oxygen atoms in total. The maximum Gasteiger partial charge on any atom is 0.115 e. The molecule has 0 radical (unpaired) electrons. The average Bonchev–Trinajstić information content (AvgIpc) is 2.83. The highest BCUT2D eigenvalue weighted by atomic mass is 32.2. The third-order valence-electron chi connectivity index (χ3n) is 6.20. The summed E-state index contributed by atoms with van der Waals surface area (Å²) in [6.07, 6.45) is 6.13. The Morgan fingerprint density at radius 1 is 1.09 bits per heavy atom. The normalized spacial score (nSPS) is 20.6. The summed E-state index contributed by atoms with van der Waals surface area (Å²) in [6, 6.07) is 22.8. The summed E-state index contributed by atoms with van der Waals surface area (Å²) in [4.78, 5) is 4.92. The Kier molecular flexibility index (Phi) is 7.25. The number of hydrogen-bond acceptors (Lipinski definition) is 5. The van der Waals surface area contributed by atoms with Gasteiger partial charge in [-0.3, -0.25) is 0 Å². The molecule has 5 heteroatoms. The van der Waals surface area contributed by atoms with E-state index >= 15 is 0 Å². The molecule has 1 fully saturated rings. The number of aryl methyl sites for hydroxylation is 1. The van der Waals surface area contributed by atoms with Gasteiger partial charge in [0.2, 0.25) is 0 Å². The van der Waals surface area contributed by atoms with Gasteiger partial charge in [0.05, 0.1) is 16.9 Å². The summed E-state index contributed by atoms with van der Waals surface area (Å²) in [5.41, 5.74) is 4.81. The van der Waals surface area contributed by atoms with E-state index in [2.05, 4.69) is 43.5 Å². The number of benzene rings is 2. The van der Waals surface area contributed by atoms with Gasteiger partial charge in [-0.15, -0.1) is 11.8 Å². The first kappa shape index (κ1) is 22.9. The Hall–Kier alpha value is -2.26. The number of thioether (sulfide) groups is 2. The molecule has 0 bridgehead atoms. The van der Waals surface area contributed by atoms with E-state index in [0.29, 0.717) is 16.3 Å². The van der Waals surface area contributed by atoms with Crippen LogP contribution in [0, 0.1) is 18.3 Å². The summed E-state index contributed by atoms with van der Waals surface area (Å²) < 4.78 is 0. The fourth-order valence-corrected chi connectivity index (χ4v) is 6.68. The Bertz CT molecular complexity index is 1110. The van der Waals surface area contributed by atoms with E-state index in [1.807, 2.05) is 36.4 Å². The number of pyridine rings is 1. The van der Waals surface area contributed by atoms with Gasteiger partial charge in [-0.1, -0.05) is 73.0 Å². The second-order valence-electron chi connectivity index (χ2n) is 8.44. The molecule has 1 heterocycles. The van der Waals surface area contributed by atoms with Gasteiger partial charge in [0.1, 0.15) is 11.1 Å². The van der Waals surface area contributed by atoms with Crippen molar-refractivity contribution in [1.82, 2.24) is 4.98 Å².